The van der Waals surface area contributed by atoms with E-state index in [1.165, 1.54) is 13.3 Å². The molecular weight excluding hydrogens is 391 g/mol. The molecule has 138 valence electrons. The normalized spacial score (nSPS) is 10.9. The third-order valence-corrected chi connectivity index (χ3v) is 4.40. The second-order valence-corrected chi connectivity index (χ2v) is 6.21. The number of carbonyl (C=O) groups is 1. The van der Waals surface area contributed by atoms with E-state index >= 15 is 0 Å². The zero-order valence-corrected chi connectivity index (χ0v) is 15.5. The third kappa shape index (κ3) is 4.21. The Labute approximate surface area is 164 Å². The molecule has 7 nitrogen and oxygen atoms in total. The summed E-state index contributed by atoms with van der Waals surface area (Å²) in [5.74, 6) is -0.251. The number of ether oxygens (including phenoxy) is 1. The summed E-state index contributed by atoms with van der Waals surface area (Å²) < 4.78 is 5.01. The van der Waals surface area contributed by atoms with Crippen LogP contribution in [0.1, 0.15) is 16.1 Å². The van der Waals surface area contributed by atoms with E-state index in [2.05, 4.69) is 20.7 Å². The molecule has 27 heavy (non-hydrogen) atoms. The number of nitrogens with zero attached hydrogens (tertiary/aromatic N) is 2. The summed E-state index contributed by atoms with van der Waals surface area (Å²) in [5.41, 5.74) is 4.22. The first-order chi connectivity index (χ1) is 13.0. The molecule has 1 amide bonds. The molecule has 0 unspecified atom stereocenters. The smallest absolute Gasteiger partial charge is 0.289 e. The third-order valence-electron chi connectivity index (χ3n) is 3.66. The van der Waals surface area contributed by atoms with Gasteiger partial charge in [0.15, 0.2) is 11.5 Å². The molecule has 0 aliphatic rings. The summed E-state index contributed by atoms with van der Waals surface area (Å²) in [4.78, 5) is 12.2. The SMILES string of the molecule is COc1cccc(/C=N\NC(=O)c2cc(-c3ccc(Cl)c(Cl)c3)n[nH]2)c1O. The maximum Gasteiger partial charge on any atom is 0.289 e. The number of hydrazone groups is 1. The second-order valence-electron chi connectivity index (χ2n) is 5.39. The Morgan fingerprint density at radius 2 is 2.07 bits per heavy atom. The van der Waals surface area contributed by atoms with Gasteiger partial charge in [-0.3, -0.25) is 9.89 Å². The minimum atomic E-state index is -0.493. The first-order valence-corrected chi connectivity index (χ1v) is 8.45. The van der Waals surface area contributed by atoms with Crippen LogP contribution in [0.4, 0.5) is 0 Å². The average molecular weight is 405 g/mol. The number of aromatic amines is 1. The Morgan fingerprint density at radius 1 is 1.26 bits per heavy atom. The van der Waals surface area contributed by atoms with Gasteiger partial charge in [-0.15, -0.1) is 0 Å². The van der Waals surface area contributed by atoms with E-state index in [1.54, 1.807) is 42.5 Å². The minimum absolute atomic E-state index is 0.0681. The number of para-hydroxylation sites is 1. The Kier molecular flexibility index (Phi) is 5.63. The van der Waals surface area contributed by atoms with Crippen molar-refractivity contribution in [2.45, 2.75) is 0 Å². The lowest BCUT2D eigenvalue weighted by atomic mass is 10.1. The number of halogens is 2. The lowest BCUT2D eigenvalue weighted by Gasteiger charge is -2.04. The molecule has 0 saturated heterocycles. The highest BCUT2D eigenvalue weighted by Gasteiger charge is 2.12. The van der Waals surface area contributed by atoms with Crippen molar-refractivity contribution in [3.05, 3.63) is 63.8 Å². The van der Waals surface area contributed by atoms with Crippen LogP contribution in [-0.4, -0.2) is 34.5 Å². The average Bonchev–Trinajstić information content (AvgIpc) is 3.15. The van der Waals surface area contributed by atoms with E-state index in [1.807, 2.05) is 0 Å². The van der Waals surface area contributed by atoms with Gasteiger partial charge in [-0.1, -0.05) is 35.3 Å². The van der Waals surface area contributed by atoms with Crippen molar-refractivity contribution in [1.82, 2.24) is 15.6 Å². The van der Waals surface area contributed by atoms with Crippen LogP contribution in [0.5, 0.6) is 11.5 Å². The lowest BCUT2D eigenvalue weighted by Crippen LogP contribution is -2.18. The number of hydrogen-bond donors (Lipinski definition) is 3. The number of phenols is 1. The molecule has 1 heterocycles. The molecule has 0 fully saturated rings. The Hall–Kier alpha value is -3.03. The number of aromatic hydroxyl groups is 1. The highest BCUT2D eigenvalue weighted by Crippen LogP contribution is 2.28. The predicted molar refractivity (Wildman–Crippen MR) is 104 cm³/mol. The second kappa shape index (κ2) is 8.11. The van der Waals surface area contributed by atoms with Crippen LogP contribution in [0.2, 0.25) is 10.0 Å². The molecule has 0 aliphatic carbocycles. The molecule has 0 spiro atoms. The lowest BCUT2D eigenvalue weighted by molar-refractivity contribution is 0.0950. The molecule has 2 aromatic carbocycles. The van der Waals surface area contributed by atoms with E-state index in [0.29, 0.717) is 32.6 Å². The van der Waals surface area contributed by atoms with Gasteiger partial charge in [0.1, 0.15) is 5.69 Å². The van der Waals surface area contributed by atoms with Crippen molar-refractivity contribution in [3.63, 3.8) is 0 Å². The van der Waals surface area contributed by atoms with Gasteiger partial charge in [0.25, 0.3) is 5.91 Å². The van der Waals surface area contributed by atoms with Crippen LogP contribution in [0, 0.1) is 0 Å². The first-order valence-electron chi connectivity index (χ1n) is 7.70. The quantitative estimate of drug-likeness (QED) is 0.443. The van der Waals surface area contributed by atoms with Gasteiger partial charge in [-0.25, -0.2) is 5.43 Å². The first kappa shape index (κ1) is 18.8. The Bertz CT molecular complexity index is 1020. The monoisotopic (exact) mass is 404 g/mol. The number of H-pyrrole nitrogens is 1. The summed E-state index contributed by atoms with van der Waals surface area (Å²) in [6.07, 6.45) is 1.31. The number of phenolic OH excluding ortho intramolecular Hbond substituents is 1. The van der Waals surface area contributed by atoms with Crippen molar-refractivity contribution in [3.8, 4) is 22.8 Å². The maximum absolute atomic E-state index is 12.2. The van der Waals surface area contributed by atoms with Crippen LogP contribution in [0.3, 0.4) is 0 Å². The zero-order chi connectivity index (χ0) is 19.4. The molecule has 0 radical (unpaired) electrons. The van der Waals surface area contributed by atoms with Gasteiger partial charge in [0.2, 0.25) is 0 Å². The summed E-state index contributed by atoms with van der Waals surface area (Å²) in [6.45, 7) is 0. The van der Waals surface area contributed by atoms with Gasteiger partial charge in [-0.2, -0.15) is 10.2 Å². The molecule has 3 aromatic rings. The van der Waals surface area contributed by atoms with Crippen molar-refractivity contribution < 1.29 is 14.6 Å². The standard InChI is InChI=1S/C18H14Cl2N4O3/c1-27-16-4-2-3-11(17(16)25)9-21-24-18(26)15-8-14(22-23-15)10-5-6-12(19)13(20)7-10/h2-9,25H,1H3,(H,22,23)(H,24,26)/b21-9-. The maximum atomic E-state index is 12.2. The minimum Gasteiger partial charge on any atom is -0.504 e. The van der Waals surface area contributed by atoms with Crippen molar-refractivity contribution in [2.75, 3.05) is 7.11 Å². The van der Waals surface area contributed by atoms with E-state index < -0.39 is 5.91 Å². The highest BCUT2D eigenvalue weighted by molar-refractivity contribution is 6.42. The fourth-order valence-corrected chi connectivity index (χ4v) is 2.57. The van der Waals surface area contributed by atoms with Gasteiger partial charge in [-0.05, 0) is 30.3 Å². The molecular formula is C18H14Cl2N4O3. The molecule has 1 aromatic heterocycles. The van der Waals surface area contributed by atoms with Crippen molar-refractivity contribution in [2.24, 2.45) is 5.10 Å². The number of carbonyl (C=O) groups excluding carboxylic acids is 1. The number of hydrogen-bond acceptors (Lipinski definition) is 5. The molecule has 0 saturated carbocycles. The van der Waals surface area contributed by atoms with Gasteiger partial charge in [0.05, 0.1) is 29.1 Å². The van der Waals surface area contributed by atoms with E-state index in [9.17, 15) is 9.90 Å². The van der Waals surface area contributed by atoms with Crippen LogP contribution < -0.4 is 10.2 Å². The number of benzene rings is 2. The highest BCUT2D eigenvalue weighted by atomic mass is 35.5. The number of rotatable bonds is 5. The van der Waals surface area contributed by atoms with Gasteiger partial charge >= 0.3 is 0 Å². The van der Waals surface area contributed by atoms with Crippen LogP contribution in [0.15, 0.2) is 47.6 Å². The molecule has 0 aliphatic heterocycles. The van der Waals surface area contributed by atoms with Crippen LogP contribution in [-0.2, 0) is 0 Å². The molecule has 9 heteroatoms. The molecule has 3 N–H and O–H groups in total. The van der Waals surface area contributed by atoms with Crippen LogP contribution in [0.25, 0.3) is 11.3 Å². The van der Waals surface area contributed by atoms with E-state index in [-0.39, 0.29) is 11.4 Å². The summed E-state index contributed by atoms with van der Waals surface area (Å²) in [6, 6.07) is 11.6. The summed E-state index contributed by atoms with van der Waals surface area (Å²) in [7, 11) is 1.45. The molecule has 0 atom stereocenters. The zero-order valence-electron chi connectivity index (χ0n) is 14.0. The van der Waals surface area contributed by atoms with E-state index in [4.69, 9.17) is 27.9 Å². The van der Waals surface area contributed by atoms with Crippen molar-refractivity contribution in [1.29, 1.82) is 0 Å². The fourth-order valence-electron chi connectivity index (χ4n) is 2.27. The number of amides is 1. The number of methoxy groups -OCH3 is 1. The Morgan fingerprint density at radius 3 is 2.81 bits per heavy atom. The Balaban J connectivity index is 1.70. The fraction of sp³-hybridized carbons (Fsp3) is 0.0556. The van der Waals surface area contributed by atoms with Crippen molar-refractivity contribution >= 4 is 35.3 Å². The van der Waals surface area contributed by atoms with Gasteiger partial charge < -0.3 is 9.84 Å². The summed E-state index contributed by atoms with van der Waals surface area (Å²) in [5, 5.41) is 21.4. The number of aromatic nitrogens is 2. The van der Waals surface area contributed by atoms with Crippen LogP contribution >= 0.6 is 23.2 Å². The molecule has 0 bridgehead atoms. The van der Waals surface area contributed by atoms with Gasteiger partial charge in [0, 0.05) is 11.1 Å². The van der Waals surface area contributed by atoms with E-state index in [0.717, 1.165) is 0 Å². The summed E-state index contributed by atoms with van der Waals surface area (Å²) >= 11 is 11.9. The topological polar surface area (TPSA) is 99.6 Å². The molecule has 3 rings (SSSR count). The largest absolute Gasteiger partial charge is 0.504 e. The number of nitrogens with one attached hydrogen (secondary N) is 2. The predicted octanol–water partition coefficient (Wildman–Crippen LogP) is 3.86.